The van der Waals surface area contributed by atoms with E-state index in [-0.39, 0.29) is 49.1 Å². The number of nitrogens with zero attached hydrogens (tertiary/aromatic N) is 2. The van der Waals surface area contributed by atoms with Gasteiger partial charge in [0, 0.05) is 31.1 Å². The van der Waals surface area contributed by atoms with E-state index in [1.807, 2.05) is 11.8 Å². The fraction of sp³-hybridized carbons (Fsp3) is 0.526. The van der Waals surface area contributed by atoms with Crippen molar-refractivity contribution in [2.24, 2.45) is 5.92 Å². The Bertz CT molecular complexity index is 782. The second-order valence-electron chi connectivity index (χ2n) is 7.29. The van der Waals surface area contributed by atoms with Crippen molar-refractivity contribution in [2.45, 2.75) is 38.3 Å². The van der Waals surface area contributed by atoms with E-state index in [0.29, 0.717) is 25.5 Å². The normalized spacial score (nSPS) is 24.4. The zero-order valence-corrected chi connectivity index (χ0v) is 15.5. The third-order valence-electron chi connectivity index (χ3n) is 5.42. The van der Waals surface area contributed by atoms with Crippen LogP contribution in [0.5, 0.6) is 0 Å². The van der Waals surface area contributed by atoms with Gasteiger partial charge >= 0.3 is 5.97 Å². The molecular weight excluding hydrogens is 372 g/mol. The number of hydrogen-bond acceptors (Lipinski definition) is 4. The van der Waals surface area contributed by atoms with Crippen molar-refractivity contribution in [1.82, 2.24) is 10.2 Å². The van der Waals surface area contributed by atoms with Crippen molar-refractivity contribution < 1.29 is 28.3 Å². The molecule has 1 saturated heterocycles. The average molecular weight is 395 g/mol. The molecule has 28 heavy (non-hydrogen) atoms. The molecule has 2 amide bonds. The lowest BCUT2D eigenvalue weighted by molar-refractivity contribution is -0.140. The van der Waals surface area contributed by atoms with E-state index in [1.54, 1.807) is 0 Å². The SMILES string of the molecule is CCN(CC(=O)O)C1CC(NC(=O)C2CC(=O)N(c3ccc(F)cc3F)C2)C1. The maximum atomic E-state index is 13.9. The Kier molecular flexibility index (Phi) is 5.93. The van der Waals surface area contributed by atoms with E-state index in [4.69, 9.17) is 5.11 Å². The van der Waals surface area contributed by atoms with E-state index in [2.05, 4.69) is 5.32 Å². The summed E-state index contributed by atoms with van der Waals surface area (Å²) in [6.45, 7) is 2.52. The van der Waals surface area contributed by atoms with Crippen LogP contribution >= 0.6 is 0 Å². The lowest BCUT2D eigenvalue weighted by Gasteiger charge is -2.42. The molecule has 1 aliphatic carbocycles. The van der Waals surface area contributed by atoms with E-state index in [0.717, 1.165) is 6.07 Å². The first-order valence-electron chi connectivity index (χ1n) is 9.30. The van der Waals surface area contributed by atoms with Crippen molar-refractivity contribution in [3.8, 4) is 0 Å². The van der Waals surface area contributed by atoms with Gasteiger partial charge in [-0.3, -0.25) is 19.3 Å². The Labute approximate surface area is 161 Å². The van der Waals surface area contributed by atoms with E-state index in [9.17, 15) is 23.2 Å². The molecule has 1 heterocycles. The van der Waals surface area contributed by atoms with Crippen LogP contribution in [-0.2, 0) is 14.4 Å². The first-order valence-corrected chi connectivity index (χ1v) is 9.30. The third kappa shape index (κ3) is 4.30. The summed E-state index contributed by atoms with van der Waals surface area (Å²) in [6.07, 6.45) is 1.28. The zero-order chi connectivity index (χ0) is 20.4. The first-order chi connectivity index (χ1) is 13.3. The Hall–Kier alpha value is -2.55. The summed E-state index contributed by atoms with van der Waals surface area (Å²) in [7, 11) is 0. The van der Waals surface area contributed by atoms with Crippen molar-refractivity contribution in [3.63, 3.8) is 0 Å². The number of aliphatic carboxylic acids is 1. The molecule has 1 atom stereocenters. The largest absolute Gasteiger partial charge is 0.480 e. The van der Waals surface area contributed by atoms with Gasteiger partial charge in [-0.25, -0.2) is 8.78 Å². The van der Waals surface area contributed by atoms with Gasteiger partial charge in [0.05, 0.1) is 18.2 Å². The number of carboxylic acids is 1. The van der Waals surface area contributed by atoms with Gasteiger partial charge in [-0.2, -0.15) is 0 Å². The first kappa shape index (κ1) is 20.2. The van der Waals surface area contributed by atoms with Crippen LogP contribution in [0.4, 0.5) is 14.5 Å². The quantitative estimate of drug-likeness (QED) is 0.728. The molecule has 1 aromatic rings. The predicted molar refractivity (Wildman–Crippen MR) is 96.7 cm³/mol. The van der Waals surface area contributed by atoms with Crippen LogP contribution in [0, 0.1) is 17.6 Å². The molecule has 3 rings (SSSR count). The average Bonchev–Trinajstić information content (AvgIpc) is 2.97. The van der Waals surface area contributed by atoms with E-state index >= 15 is 0 Å². The van der Waals surface area contributed by atoms with Crippen LogP contribution in [0.1, 0.15) is 26.2 Å². The fourth-order valence-corrected chi connectivity index (χ4v) is 3.81. The van der Waals surface area contributed by atoms with Gasteiger partial charge in [-0.1, -0.05) is 6.92 Å². The number of benzene rings is 1. The summed E-state index contributed by atoms with van der Waals surface area (Å²) in [6, 6.07) is 3.03. The maximum absolute atomic E-state index is 13.9. The third-order valence-corrected chi connectivity index (χ3v) is 5.42. The van der Waals surface area contributed by atoms with E-state index < -0.39 is 23.5 Å². The maximum Gasteiger partial charge on any atom is 0.317 e. The highest BCUT2D eigenvalue weighted by Crippen LogP contribution is 2.30. The second-order valence-corrected chi connectivity index (χ2v) is 7.29. The predicted octanol–water partition coefficient (Wildman–Crippen LogP) is 1.37. The summed E-state index contributed by atoms with van der Waals surface area (Å²) in [4.78, 5) is 38.6. The smallest absolute Gasteiger partial charge is 0.317 e. The standard InChI is InChI=1S/C19H23F2N3O4/c1-2-23(10-18(26)27)14-7-13(8-14)22-19(28)11-5-17(25)24(9-11)16-4-3-12(20)6-15(16)21/h3-4,6,11,13-14H,2,5,7-10H2,1H3,(H,22,28)(H,26,27). The summed E-state index contributed by atoms with van der Waals surface area (Å²) >= 11 is 0. The lowest BCUT2D eigenvalue weighted by Crippen LogP contribution is -2.55. The van der Waals surface area contributed by atoms with E-state index in [1.165, 1.54) is 11.0 Å². The number of amides is 2. The van der Waals surface area contributed by atoms with Crippen molar-refractivity contribution in [1.29, 1.82) is 0 Å². The Morgan fingerprint density at radius 3 is 2.64 bits per heavy atom. The number of carboxylic acid groups (broad SMARTS) is 1. The Morgan fingerprint density at radius 2 is 2.04 bits per heavy atom. The molecule has 9 heteroatoms. The van der Waals surface area contributed by atoms with Crippen LogP contribution in [0.3, 0.4) is 0 Å². The molecule has 1 aromatic carbocycles. The van der Waals surface area contributed by atoms with Gasteiger partial charge in [0.15, 0.2) is 0 Å². The highest BCUT2D eigenvalue weighted by molar-refractivity contribution is 6.00. The Balaban J connectivity index is 1.52. The molecule has 7 nitrogen and oxygen atoms in total. The molecule has 2 fully saturated rings. The van der Waals surface area contributed by atoms with Gasteiger partial charge in [0.25, 0.3) is 0 Å². The van der Waals surface area contributed by atoms with Gasteiger partial charge in [-0.05, 0) is 31.5 Å². The number of carbonyl (C=O) groups is 3. The number of likely N-dealkylation sites (N-methyl/N-ethyl adjacent to an activating group) is 1. The molecule has 0 bridgehead atoms. The van der Waals surface area contributed by atoms with Crippen LogP contribution in [0.2, 0.25) is 0 Å². The summed E-state index contributed by atoms with van der Waals surface area (Å²) in [5.41, 5.74) is -0.0299. The van der Waals surface area contributed by atoms with Crippen molar-refractivity contribution >= 4 is 23.5 Å². The van der Waals surface area contributed by atoms with Crippen molar-refractivity contribution in [2.75, 3.05) is 24.5 Å². The molecule has 1 aliphatic heterocycles. The molecule has 152 valence electrons. The van der Waals surface area contributed by atoms with Crippen LogP contribution < -0.4 is 10.2 Å². The summed E-state index contributed by atoms with van der Waals surface area (Å²) in [5.74, 6) is -3.71. The molecule has 2 N–H and O–H groups in total. The number of nitrogens with one attached hydrogen (secondary N) is 1. The molecule has 2 aliphatic rings. The number of carbonyl (C=O) groups excluding carboxylic acids is 2. The van der Waals surface area contributed by atoms with Crippen LogP contribution in [0.15, 0.2) is 18.2 Å². The molecule has 1 unspecified atom stereocenters. The van der Waals surface area contributed by atoms with Gasteiger partial charge < -0.3 is 15.3 Å². The minimum atomic E-state index is -0.882. The minimum absolute atomic E-state index is 0.0289. The lowest BCUT2D eigenvalue weighted by atomic mass is 9.85. The minimum Gasteiger partial charge on any atom is -0.480 e. The monoisotopic (exact) mass is 395 g/mol. The Morgan fingerprint density at radius 1 is 1.32 bits per heavy atom. The topological polar surface area (TPSA) is 90.0 Å². The molecule has 0 aromatic heterocycles. The number of hydrogen-bond donors (Lipinski definition) is 2. The highest BCUT2D eigenvalue weighted by atomic mass is 19.1. The highest BCUT2D eigenvalue weighted by Gasteiger charge is 2.39. The van der Waals surface area contributed by atoms with Crippen LogP contribution in [-0.4, -0.2) is 59.5 Å². The zero-order valence-electron chi connectivity index (χ0n) is 15.5. The van der Waals surface area contributed by atoms with Crippen molar-refractivity contribution in [3.05, 3.63) is 29.8 Å². The number of halogens is 2. The molecule has 1 saturated carbocycles. The van der Waals surface area contributed by atoms with Gasteiger partial charge in [0.2, 0.25) is 11.8 Å². The fourth-order valence-electron chi connectivity index (χ4n) is 3.81. The molecular formula is C19H23F2N3O4. The summed E-state index contributed by atoms with van der Waals surface area (Å²) < 4.78 is 27.0. The number of anilines is 1. The second kappa shape index (κ2) is 8.22. The van der Waals surface area contributed by atoms with Gasteiger partial charge in [-0.15, -0.1) is 0 Å². The summed E-state index contributed by atoms with van der Waals surface area (Å²) in [5, 5.41) is 11.8. The molecule has 0 spiro atoms. The van der Waals surface area contributed by atoms with Gasteiger partial charge in [0.1, 0.15) is 11.6 Å². The van der Waals surface area contributed by atoms with Crippen LogP contribution in [0.25, 0.3) is 0 Å². The molecule has 0 radical (unpaired) electrons. The number of rotatable bonds is 7.